The lowest BCUT2D eigenvalue weighted by Gasteiger charge is -2.08. The molecule has 148 valence electrons. The van der Waals surface area contributed by atoms with Gasteiger partial charge < -0.3 is 9.15 Å². The van der Waals surface area contributed by atoms with E-state index in [9.17, 15) is 13.2 Å². The maximum atomic E-state index is 12.6. The number of carbonyl (C=O) groups is 1. The van der Waals surface area contributed by atoms with E-state index in [1.54, 1.807) is 50.2 Å². The Balaban J connectivity index is 1.92. The molecule has 7 heteroatoms. The van der Waals surface area contributed by atoms with E-state index >= 15 is 0 Å². The third kappa shape index (κ3) is 4.15. The van der Waals surface area contributed by atoms with Crippen molar-refractivity contribution < 1.29 is 22.4 Å². The van der Waals surface area contributed by atoms with Crippen LogP contribution in [0.4, 0.5) is 0 Å². The number of carbonyl (C=O) groups excluding carboxylic acids is 1. The quantitative estimate of drug-likeness (QED) is 0.479. The second kappa shape index (κ2) is 8.09. The van der Waals surface area contributed by atoms with Crippen molar-refractivity contribution in [2.75, 3.05) is 12.4 Å². The van der Waals surface area contributed by atoms with E-state index in [1.807, 2.05) is 6.92 Å². The summed E-state index contributed by atoms with van der Waals surface area (Å²) in [5.41, 5.74) is 2.73. The average Bonchev–Trinajstić information content (AvgIpc) is 2.95. The van der Waals surface area contributed by atoms with Crippen LogP contribution >= 0.6 is 15.9 Å². The summed E-state index contributed by atoms with van der Waals surface area (Å²) in [6.45, 7) is 5.63. The highest BCUT2D eigenvalue weighted by Gasteiger charge is 2.22. The number of rotatable bonds is 6. The number of hydrogen-bond donors (Lipinski definition) is 0. The van der Waals surface area contributed by atoms with E-state index in [1.165, 1.54) is 0 Å². The predicted molar refractivity (Wildman–Crippen MR) is 112 cm³/mol. The molecule has 5 nitrogen and oxygen atoms in total. The van der Waals surface area contributed by atoms with Gasteiger partial charge in [-0.05, 0) is 57.0 Å². The zero-order valence-electron chi connectivity index (χ0n) is 15.9. The highest BCUT2D eigenvalue weighted by atomic mass is 79.9. The summed E-state index contributed by atoms with van der Waals surface area (Å²) in [5.74, 6) is -0.00442. The van der Waals surface area contributed by atoms with E-state index in [4.69, 9.17) is 9.15 Å². The SMILES string of the molecule is CCOC(=O)c1c(C)oc2cc(Br)c(CCS(=O)(=O)c3ccc(C)cc3)cc12. The highest BCUT2D eigenvalue weighted by molar-refractivity contribution is 9.10. The lowest BCUT2D eigenvalue weighted by molar-refractivity contribution is 0.0526. The van der Waals surface area contributed by atoms with Crippen LogP contribution in [-0.2, 0) is 21.0 Å². The minimum atomic E-state index is -3.41. The number of fused-ring (bicyclic) bond motifs is 1. The van der Waals surface area contributed by atoms with Gasteiger partial charge in [-0.1, -0.05) is 33.6 Å². The molecule has 0 unspecified atom stereocenters. The number of ether oxygens (including phenoxy) is 1. The molecular formula is C21H21BrO5S. The normalized spacial score (nSPS) is 11.7. The summed E-state index contributed by atoms with van der Waals surface area (Å²) in [6.07, 6.45) is 0.305. The molecule has 0 bridgehead atoms. The Morgan fingerprint density at radius 2 is 1.82 bits per heavy atom. The molecule has 0 fully saturated rings. The smallest absolute Gasteiger partial charge is 0.342 e. The van der Waals surface area contributed by atoms with E-state index in [-0.39, 0.29) is 12.4 Å². The van der Waals surface area contributed by atoms with Gasteiger partial charge in [-0.3, -0.25) is 0 Å². The fraction of sp³-hybridized carbons (Fsp3) is 0.286. The Bertz CT molecular complexity index is 1130. The van der Waals surface area contributed by atoms with Crippen LogP contribution < -0.4 is 0 Å². The van der Waals surface area contributed by atoms with Gasteiger partial charge in [-0.25, -0.2) is 13.2 Å². The van der Waals surface area contributed by atoms with Gasteiger partial charge in [0.2, 0.25) is 0 Å². The molecule has 0 aliphatic rings. The second-order valence-electron chi connectivity index (χ2n) is 6.58. The van der Waals surface area contributed by atoms with Crippen LogP contribution in [-0.4, -0.2) is 26.7 Å². The van der Waals surface area contributed by atoms with Crippen molar-refractivity contribution >= 4 is 42.7 Å². The van der Waals surface area contributed by atoms with Crippen molar-refractivity contribution in [3.8, 4) is 0 Å². The molecule has 0 radical (unpaired) electrons. The van der Waals surface area contributed by atoms with Gasteiger partial charge in [-0.2, -0.15) is 0 Å². The molecule has 3 rings (SSSR count). The van der Waals surface area contributed by atoms with E-state index in [0.29, 0.717) is 33.6 Å². The summed E-state index contributed by atoms with van der Waals surface area (Å²) < 4.78 is 36.8. The predicted octanol–water partition coefficient (Wildman–Crippen LogP) is 5.01. The monoisotopic (exact) mass is 464 g/mol. The van der Waals surface area contributed by atoms with Gasteiger partial charge in [0.25, 0.3) is 0 Å². The van der Waals surface area contributed by atoms with Crippen LogP contribution in [0.1, 0.15) is 34.2 Å². The van der Waals surface area contributed by atoms with Crippen molar-refractivity contribution in [2.45, 2.75) is 32.1 Å². The summed E-state index contributed by atoms with van der Waals surface area (Å²) in [7, 11) is -3.41. The summed E-state index contributed by atoms with van der Waals surface area (Å²) in [4.78, 5) is 12.6. The Labute approximate surface area is 172 Å². The van der Waals surface area contributed by atoms with Gasteiger partial charge in [0.1, 0.15) is 16.9 Å². The first-order valence-corrected chi connectivity index (χ1v) is 11.4. The fourth-order valence-electron chi connectivity index (χ4n) is 3.04. The Hall–Kier alpha value is -2.12. The van der Waals surface area contributed by atoms with E-state index in [2.05, 4.69) is 15.9 Å². The maximum absolute atomic E-state index is 12.6. The zero-order chi connectivity index (χ0) is 20.5. The first kappa shape index (κ1) is 20.6. The molecular weight excluding hydrogens is 444 g/mol. The van der Waals surface area contributed by atoms with Crippen molar-refractivity contribution in [3.05, 3.63) is 63.3 Å². The first-order chi connectivity index (χ1) is 13.2. The minimum Gasteiger partial charge on any atom is -0.462 e. The standard InChI is InChI=1S/C21H21BrO5S/c1-4-26-21(23)20-14(3)27-19-12-18(22)15(11-17(19)20)9-10-28(24,25)16-7-5-13(2)6-8-16/h5-8,11-12H,4,9-10H2,1-3H3. The van der Waals surface area contributed by atoms with Crippen LogP contribution in [0.15, 0.2) is 50.2 Å². The Morgan fingerprint density at radius 1 is 1.14 bits per heavy atom. The maximum Gasteiger partial charge on any atom is 0.342 e. The van der Waals surface area contributed by atoms with Crippen LogP contribution in [0.2, 0.25) is 0 Å². The number of halogens is 1. The molecule has 2 aromatic carbocycles. The highest BCUT2D eigenvalue weighted by Crippen LogP contribution is 2.32. The molecule has 28 heavy (non-hydrogen) atoms. The molecule has 0 saturated heterocycles. The average molecular weight is 465 g/mol. The van der Waals surface area contributed by atoms with Crippen molar-refractivity contribution in [1.82, 2.24) is 0 Å². The number of sulfone groups is 1. The Kier molecular flexibility index (Phi) is 5.95. The molecule has 0 aliphatic carbocycles. The number of benzene rings is 2. The van der Waals surface area contributed by atoms with Crippen LogP contribution in [0, 0.1) is 13.8 Å². The molecule has 0 amide bonds. The summed E-state index contributed by atoms with van der Waals surface area (Å²) in [6, 6.07) is 10.4. The third-order valence-corrected chi connectivity index (χ3v) is 7.00. The van der Waals surface area contributed by atoms with Crippen LogP contribution in [0.3, 0.4) is 0 Å². The topological polar surface area (TPSA) is 73.6 Å². The summed E-state index contributed by atoms with van der Waals surface area (Å²) in [5, 5.41) is 0.627. The molecule has 3 aromatic rings. The molecule has 0 aliphatic heterocycles. The van der Waals surface area contributed by atoms with Crippen molar-refractivity contribution in [3.63, 3.8) is 0 Å². The number of aryl methyl sites for hydroxylation is 3. The molecule has 0 atom stereocenters. The Morgan fingerprint density at radius 3 is 2.46 bits per heavy atom. The molecule has 0 N–H and O–H groups in total. The van der Waals surface area contributed by atoms with E-state index in [0.717, 1.165) is 15.6 Å². The van der Waals surface area contributed by atoms with Gasteiger partial charge in [0.05, 0.1) is 17.3 Å². The minimum absolute atomic E-state index is 0.0360. The molecule has 0 saturated carbocycles. The largest absolute Gasteiger partial charge is 0.462 e. The van der Waals surface area contributed by atoms with Crippen molar-refractivity contribution in [1.29, 1.82) is 0 Å². The third-order valence-electron chi connectivity index (χ3n) is 4.53. The number of hydrogen-bond acceptors (Lipinski definition) is 5. The van der Waals surface area contributed by atoms with Crippen LogP contribution in [0.5, 0.6) is 0 Å². The lowest BCUT2D eigenvalue weighted by Crippen LogP contribution is -2.10. The first-order valence-electron chi connectivity index (χ1n) is 8.91. The van der Waals surface area contributed by atoms with Crippen LogP contribution in [0.25, 0.3) is 11.0 Å². The lowest BCUT2D eigenvalue weighted by atomic mass is 10.1. The zero-order valence-corrected chi connectivity index (χ0v) is 18.3. The number of esters is 1. The molecule has 1 aromatic heterocycles. The molecule has 1 heterocycles. The van der Waals surface area contributed by atoms with Crippen molar-refractivity contribution in [2.24, 2.45) is 0 Å². The molecule has 0 spiro atoms. The van der Waals surface area contributed by atoms with Gasteiger partial charge in [0.15, 0.2) is 9.84 Å². The number of furan rings is 1. The second-order valence-corrected chi connectivity index (χ2v) is 9.54. The van der Waals surface area contributed by atoms with Gasteiger partial charge in [0, 0.05) is 9.86 Å². The summed E-state index contributed by atoms with van der Waals surface area (Å²) >= 11 is 3.48. The van der Waals surface area contributed by atoms with Gasteiger partial charge in [-0.15, -0.1) is 0 Å². The van der Waals surface area contributed by atoms with Gasteiger partial charge >= 0.3 is 5.97 Å². The fourth-order valence-corrected chi connectivity index (χ4v) is 4.84. The van der Waals surface area contributed by atoms with E-state index < -0.39 is 15.8 Å².